The second kappa shape index (κ2) is 7.11. The van der Waals surface area contributed by atoms with Crippen LogP contribution >= 0.6 is 0 Å². The second-order valence-electron chi connectivity index (χ2n) is 6.21. The fraction of sp³-hybridized carbons (Fsp3) is 0.0952. The molecule has 0 atom stereocenters. The highest BCUT2D eigenvalue weighted by atomic mass is 19.1. The number of nitrogens with one attached hydrogen (secondary N) is 1. The van der Waals surface area contributed by atoms with Crippen LogP contribution in [0.25, 0.3) is 22.6 Å². The van der Waals surface area contributed by atoms with E-state index in [1.165, 1.54) is 13.2 Å². The second-order valence-corrected chi connectivity index (χ2v) is 6.21. The highest BCUT2D eigenvalue weighted by molar-refractivity contribution is 6.06. The Morgan fingerprint density at radius 3 is 2.71 bits per heavy atom. The molecule has 0 fully saturated rings. The Morgan fingerprint density at radius 2 is 1.96 bits per heavy atom. The number of ether oxygens (including phenoxy) is 1. The van der Waals surface area contributed by atoms with Crippen molar-refractivity contribution in [2.24, 2.45) is 7.05 Å². The molecule has 2 heterocycles. The monoisotopic (exact) mass is 376 g/mol. The first kappa shape index (κ1) is 17.7. The minimum Gasteiger partial charge on any atom is -0.496 e. The van der Waals surface area contributed by atoms with Crippen molar-refractivity contribution in [3.05, 3.63) is 72.2 Å². The van der Waals surface area contributed by atoms with E-state index in [2.05, 4.69) is 15.3 Å². The minimum atomic E-state index is -0.399. The van der Waals surface area contributed by atoms with Crippen molar-refractivity contribution in [3.63, 3.8) is 0 Å². The summed E-state index contributed by atoms with van der Waals surface area (Å²) < 4.78 is 20.2. The lowest BCUT2D eigenvalue weighted by Crippen LogP contribution is -2.13. The van der Waals surface area contributed by atoms with Gasteiger partial charge in [-0.3, -0.25) is 4.79 Å². The van der Waals surface area contributed by atoms with Gasteiger partial charge in [0.25, 0.3) is 5.91 Å². The van der Waals surface area contributed by atoms with Gasteiger partial charge in [-0.05, 0) is 42.5 Å². The molecule has 1 N–H and O–H groups in total. The molecule has 0 radical (unpaired) electrons. The molecule has 140 valence electrons. The van der Waals surface area contributed by atoms with E-state index in [9.17, 15) is 9.18 Å². The van der Waals surface area contributed by atoms with Crippen LogP contribution in [0.5, 0.6) is 5.75 Å². The van der Waals surface area contributed by atoms with Crippen LogP contribution in [0.15, 0.2) is 60.8 Å². The summed E-state index contributed by atoms with van der Waals surface area (Å²) in [6.07, 6.45) is 1.16. The minimum absolute atomic E-state index is 0.264. The molecule has 4 aromatic rings. The first-order chi connectivity index (χ1) is 13.6. The molecule has 0 unspecified atom stereocenters. The summed E-state index contributed by atoms with van der Waals surface area (Å²) in [4.78, 5) is 21.3. The molecule has 0 aliphatic heterocycles. The fourth-order valence-electron chi connectivity index (χ4n) is 3.04. The Hall–Kier alpha value is -3.74. The molecule has 1 amide bonds. The number of aromatic nitrogens is 3. The van der Waals surface area contributed by atoms with Gasteiger partial charge in [0, 0.05) is 12.7 Å². The maximum atomic E-state index is 13.1. The van der Waals surface area contributed by atoms with E-state index in [0.717, 1.165) is 17.2 Å². The van der Waals surface area contributed by atoms with Gasteiger partial charge in [-0.1, -0.05) is 12.1 Å². The van der Waals surface area contributed by atoms with Crippen molar-refractivity contribution >= 4 is 22.6 Å². The molecule has 0 aliphatic carbocycles. The van der Waals surface area contributed by atoms with Crippen LogP contribution in [-0.2, 0) is 7.05 Å². The number of imidazole rings is 1. The normalized spacial score (nSPS) is 10.8. The van der Waals surface area contributed by atoms with Crippen LogP contribution in [0.3, 0.4) is 0 Å². The maximum absolute atomic E-state index is 13.1. The number of aryl methyl sites for hydroxylation is 1. The average Bonchev–Trinajstić information content (AvgIpc) is 3.04. The average molecular weight is 376 g/mol. The van der Waals surface area contributed by atoms with E-state index in [-0.39, 0.29) is 5.91 Å². The van der Waals surface area contributed by atoms with Gasteiger partial charge in [0.15, 0.2) is 5.82 Å². The third-order valence-corrected chi connectivity index (χ3v) is 4.45. The number of rotatable bonds is 4. The summed E-state index contributed by atoms with van der Waals surface area (Å²) in [5, 5.41) is 2.88. The number of amides is 1. The number of pyridine rings is 1. The third-order valence-electron chi connectivity index (χ3n) is 4.45. The van der Waals surface area contributed by atoms with Crippen molar-refractivity contribution < 1.29 is 13.9 Å². The van der Waals surface area contributed by atoms with Crippen LogP contribution in [0, 0.1) is 5.82 Å². The topological polar surface area (TPSA) is 69.0 Å². The number of halogens is 1. The van der Waals surface area contributed by atoms with Crippen LogP contribution in [-0.4, -0.2) is 27.6 Å². The van der Waals surface area contributed by atoms with E-state index < -0.39 is 5.82 Å². The van der Waals surface area contributed by atoms with E-state index in [4.69, 9.17) is 4.74 Å². The van der Waals surface area contributed by atoms with Crippen molar-refractivity contribution in [1.82, 2.24) is 14.5 Å². The van der Waals surface area contributed by atoms with Crippen LogP contribution in [0.4, 0.5) is 10.1 Å². The Kier molecular flexibility index (Phi) is 4.49. The number of hydrogen-bond donors (Lipinski definition) is 1. The lowest BCUT2D eigenvalue weighted by Gasteiger charge is -2.09. The molecular weight excluding hydrogens is 359 g/mol. The van der Waals surface area contributed by atoms with Gasteiger partial charge in [0.1, 0.15) is 17.3 Å². The number of carbonyl (C=O) groups excluding carboxylic acids is 1. The predicted octanol–water partition coefficient (Wildman–Crippen LogP) is 4.04. The first-order valence-corrected chi connectivity index (χ1v) is 8.59. The predicted molar refractivity (Wildman–Crippen MR) is 105 cm³/mol. The zero-order valence-electron chi connectivity index (χ0n) is 15.3. The highest BCUT2D eigenvalue weighted by Gasteiger charge is 2.14. The van der Waals surface area contributed by atoms with Crippen LogP contribution < -0.4 is 10.1 Å². The highest BCUT2D eigenvalue weighted by Crippen LogP contribution is 2.26. The molecule has 0 saturated heterocycles. The smallest absolute Gasteiger partial charge is 0.259 e. The Labute approximate surface area is 160 Å². The van der Waals surface area contributed by atoms with E-state index in [1.54, 1.807) is 30.3 Å². The van der Waals surface area contributed by atoms with Gasteiger partial charge in [-0.2, -0.15) is 0 Å². The van der Waals surface area contributed by atoms with Crippen molar-refractivity contribution in [2.45, 2.75) is 0 Å². The van der Waals surface area contributed by atoms with Crippen LogP contribution in [0.2, 0.25) is 0 Å². The molecule has 4 rings (SSSR count). The zero-order valence-corrected chi connectivity index (χ0v) is 15.3. The fourth-order valence-corrected chi connectivity index (χ4v) is 3.04. The molecule has 6 nitrogen and oxygen atoms in total. The van der Waals surface area contributed by atoms with Gasteiger partial charge >= 0.3 is 0 Å². The van der Waals surface area contributed by atoms with Gasteiger partial charge in [0.05, 0.1) is 29.9 Å². The van der Waals surface area contributed by atoms with Gasteiger partial charge < -0.3 is 14.6 Å². The molecular formula is C21H17FN4O2. The number of hydrogen-bond acceptors (Lipinski definition) is 4. The van der Waals surface area contributed by atoms with Gasteiger partial charge in [-0.15, -0.1) is 0 Å². The maximum Gasteiger partial charge on any atom is 0.259 e. The molecule has 2 aromatic heterocycles. The van der Waals surface area contributed by atoms with E-state index in [1.807, 2.05) is 29.8 Å². The number of fused-ring (bicyclic) bond motifs is 1. The number of para-hydroxylation sites is 1. The Balaban J connectivity index is 1.67. The molecule has 0 aliphatic rings. The zero-order chi connectivity index (χ0) is 19.7. The number of anilines is 1. The summed E-state index contributed by atoms with van der Waals surface area (Å²) >= 11 is 0. The van der Waals surface area contributed by atoms with Gasteiger partial charge in [-0.25, -0.2) is 14.4 Å². The summed E-state index contributed by atoms with van der Waals surface area (Å²) in [6, 6.07) is 15.4. The first-order valence-electron chi connectivity index (χ1n) is 8.59. The molecule has 0 saturated carbocycles. The number of carbonyl (C=O) groups is 1. The quantitative estimate of drug-likeness (QED) is 0.584. The Bertz CT molecular complexity index is 1170. The molecule has 2 aromatic carbocycles. The number of nitrogens with zero attached hydrogens (tertiary/aromatic N) is 3. The standard InChI is InChI=1S/C21H17FN4O2/c1-26-18-11-14(24-21(27)15-5-3-4-6-19(15)28-2)8-10-16(18)25-20(26)17-9-7-13(22)12-23-17/h3-12H,1-2H3,(H,24,27). The molecule has 0 spiro atoms. The lowest BCUT2D eigenvalue weighted by molar-refractivity contribution is 0.102. The summed E-state index contributed by atoms with van der Waals surface area (Å²) in [5.41, 5.74) is 3.22. The van der Waals surface area contributed by atoms with Crippen molar-refractivity contribution in [1.29, 1.82) is 0 Å². The summed E-state index contributed by atoms with van der Waals surface area (Å²) in [7, 11) is 3.38. The Morgan fingerprint density at radius 1 is 1.14 bits per heavy atom. The third kappa shape index (κ3) is 3.18. The summed E-state index contributed by atoms with van der Waals surface area (Å²) in [5.74, 6) is 0.456. The molecule has 0 bridgehead atoms. The summed E-state index contributed by atoms with van der Waals surface area (Å²) in [6.45, 7) is 0. The van der Waals surface area contributed by atoms with Crippen molar-refractivity contribution in [2.75, 3.05) is 12.4 Å². The van der Waals surface area contributed by atoms with Gasteiger partial charge in [0.2, 0.25) is 0 Å². The number of benzene rings is 2. The lowest BCUT2D eigenvalue weighted by atomic mass is 10.2. The SMILES string of the molecule is COc1ccccc1C(=O)Nc1ccc2nc(-c3ccc(F)cn3)n(C)c2c1. The van der Waals surface area contributed by atoms with Crippen LogP contribution in [0.1, 0.15) is 10.4 Å². The van der Waals surface area contributed by atoms with E-state index in [0.29, 0.717) is 28.5 Å². The van der Waals surface area contributed by atoms with E-state index >= 15 is 0 Å². The van der Waals surface area contributed by atoms with Crippen molar-refractivity contribution in [3.8, 4) is 17.3 Å². The number of methoxy groups -OCH3 is 1. The molecule has 7 heteroatoms. The molecule has 28 heavy (non-hydrogen) atoms. The largest absolute Gasteiger partial charge is 0.496 e.